The van der Waals surface area contributed by atoms with Gasteiger partial charge in [-0.25, -0.2) is 5.90 Å². The van der Waals surface area contributed by atoms with Crippen LogP contribution in [0.5, 0.6) is 0 Å². The minimum absolute atomic E-state index is 0.0800. The van der Waals surface area contributed by atoms with Crippen molar-refractivity contribution < 1.29 is 9.57 Å². The maximum Gasteiger partial charge on any atom is 0.123 e. The summed E-state index contributed by atoms with van der Waals surface area (Å²) in [6.07, 6.45) is 8.57. The molecule has 0 heterocycles. The highest BCUT2D eigenvalue weighted by molar-refractivity contribution is 5.24. The molecule has 3 heteroatoms. The number of hydrogen-bond acceptors (Lipinski definition) is 3. The highest BCUT2D eigenvalue weighted by Crippen LogP contribution is 2.21. The third kappa shape index (κ3) is 7.18. The lowest BCUT2D eigenvalue weighted by Gasteiger charge is -2.21. The SMILES string of the molecule is CCC.CCC(CON)OC1=C(C)C=CCC1. The molecule has 17 heavy (non-hydrogen) atoms. The van der Waals surface area contributed by atoms with E-state index in [0.717, 1.165) is 25.0 Å². The molecule has 3 nitrogen and oxygen atoms in total. The van der Waals surface area contributed by atoms with Gasteiger partial charge in [0, 0.05) is 6.42 Å². The van der Waals surface area contributed by atoms with E-state index in [9.17, 15) is 0 Å². The summed E-state index contributed by atoms with van der Waals surface area (Å²) in [4.78, 5) is 4.61. The topological polar surface area (TPSA) is 44.5 Å². The van der Waals surface area contributed by atoms with Gasteiger partial charge in [-0.05, 0) is 25.3 Å². The standard InChI is InChI=1S/C11H19NO2.C3H8/c1-3-10(8-13-12)14-11-7-5-4-6-9(11)2;1-3-2/h4,6,10H,3,5,7-8,12H2,1-2H3;3H2,1-2H3. The molecule has 0 saturated carbocycles. The van der Waals surface area contributed by atoms with Gasteiger partial charge in [0.05, 0.1) is 5.76 Å². The van der Waals surface area contributed by atoms with Gasteiger partial charge < -0.3 is 9.57 Å². The average Bonchev–Trinajstić information content (AvgIpc) is 2.32. The third-order valence-electron chi connectivity index (χ3n) is 2.39. The van der Waals surface area contributed by atoms with E-state index in [1.165, 1.54) is 12.0 Å². The van der Waals surface area contributed by atoms with Crippen molar-refractivity contribution in [3.8, 4) is 0 Å². The second-order valence-corrected chi connectivity index (χ2v) is 4.24. The van der Waals surface area contributed by atoms with Crippen molar-refractivity contribution in [1.29, 1.82) is 0 Å². The van der Waals surface area contributed by atoms with E-state index in [0.29, 0.717) is 6.61 Å². The molecule has 0 fully saturated rings. The minimum Gasteiger partial charge on any atom is -0.492 e. The number of allylic oxidation sites excluding steroid dienone is 4. The summed E-state index contributed by atoms with van der Waals surface area (Å²) in [7, 11) is 0. The van der Waals surface area contributed by atoms with Crippen molar-refractivity contribution in [3.05, 3.63) is 23.5 Å². The molecule has 2 N–H and O–H groups in total. The fourth-order valence-electron chi connectivity index (χ4n) is 1.46. The van der Waals surface area contributed by atoms with Crippen LogP contribution in [0.15, 0.2) is 23.5 Å². The summed E-state index contributed by atoms with van der Waals surface area (Å²) < 4.78 is 5.82. The van der Waals surface area contributed by atoms with E-state index in [1.54, 1.807) is 0 Å². The minimum atomic E-state index is 0.0800. The Balaban J connectivity index is 0.000000770. The van der Waals surface area contributed by atoms with Crippen molar-refractivity contribution in [3.63, 3.8) is 0 Å². The van der Waals surface area contributed by atoms with E-state index < -0.39 is 0 Å². The number of ether oxygens (including phenoxy) is 1. The monoisotopic (exact) mass is 241 g/mol. The lowest BCUT2D eigenvalue weighted by molar-refractivity contribution is 0.00972. The van der Waals surface area contributed by atoms with Crippen LogP contribution in [-0.4, -0.2) is 12.7 Å². The smallest absolute Gasteiger partial charge is 0.123 e. The molecule has 0 amide bonds. The van der Waals surface area contributed by atoms with Crippen LogP contribution in [0.3, 0.4) is 0 Å². The molecule has 0 bridgehead atoms. The molecule has 0 aliphatic heterocycles. The van der Waals surface area contributed by atoms with Crippen LogP contribution in [0.4, 0.5) is 0 Å². The summed E-state index contributed by atoms with van der Waals surface area (Å²) in [6.45, 7) is 8.84. The molecule has 0 spiro atoms. The molecular formula is C14H27NO2. The van der Waals surface area contributed by atoms with Gasteiger partial charge in [-0.15, -0.1) is 0 Å². The van der Waals surface area contributed by atoms with Gasteiger partial charge in [0.15, 0.2) is 0 Å². The Kier molecular flexibility index (Phi) is 9.87. The fourth-order valence-corrected chi connectivity index (χ4v) is 1.46. The Morgan fingerprint density at radius 3 is 2.47 bits per heavy atom. The van der Waals surface area contributed by atoms with Crippen LogP contribution in [0.25, 0.3) is 0 Å². The highest BCUT2D eigenvalue weighted by Gasteiger charge is 2.12. The van der Waals surface area contributed by atoms with Gasteiger partial charge in [-0.3, -0.25) is 0 Å². The molecule has 1 rings (SSSR count). The summed E-state index contributed by atoms with van der Waals surface area (Å²) in [5.41, 5.74) is 1.21. The first-order valence-corrected chi connectivity index (χ1v) is 6.54. The molecule has 0 saturated heterocycles. The van der Waals surface area contributed by atoms with E-state index in [4.69, 9.17) is 10.6 Å². The lowest BCUT2D eigenvalue weighted by Crippen LogP contribution is -2.21. The summed E-state index contributed by atoms with van der Waals surface area (Å²) in [6, 6.07) is 0. The van der Waals surface area contributed by atoms with Crippen molar-refractivity contribution in [2.24, 2.45) is 5.90 Å². The Hall–Kier alpha value is -0.800. The van der Waals surface area contributed by atoms with Gasteiger partial charge in [0.25, 0.3) is 0 Å². The van der Waals surface area contributed by atoms with Gasteiger partial charge in [0.1, 0.15) is 12.7 Å². The Labute approximate surface area is 106 Å². The molecule has 1 unspecified atom stereocenters. The van der Waals surface area contributed by atoms with Crippen LogP contribution >= 0.6 is 0 Å². The predicted octanol–water partition coefficient (Wildman–Crippen LogP) is 3.71. The van der Waals surface area contributed by atoms with Gasteiger partial charge >= 0.3 is 0 Å². The van der Waals surface area contributed by atoms with E-state index in [-0.39, 0.29) is 6.10 Å². The van der Waals surface area contributed by atoms with Crippen molar-refractivity contribution >= 4 is 0 Å². The molecule has 1 aliphatic carbocycles. The van der Waals surface area contributed by atoms with Crippen molar-refractivity contribution in [2.75, 3.05) is 6.61 Å². The van der Waals surface area contributed by atoms with Crippen molar-refractivity contribution in [2.45, 2.75) is 59.5 Å². The van der Waals surface area contributed by atoms with Crippen molar-refractivity contribution in [1.82, 2.24) is 0 Å². The second kappa shape index (κ2) is 10.4. The van der Waals surface area contributed by atoms with Crippen LogP contribution in [0.2, 0.25) is 0 Å². The molecule has 0 aromatic heterocycles. The molecule has 100 valence electrons. The summed E-state index contributed by atoms with van der Waals surface area (Å²) in [5, 5.41) is 0. The maximum atomic E-state index is 5.82. The molecule has 0 aromatic carbocycles. The number of rotatable bonds is 5. The van der Waals surface area contributed by atoms with E-state index >= 15 is 0 Å². The Morgan fingerprint density at radius 1 is 1.35 bits per heavy atom. The van der Waals surface area contributed by atoms with Crippen LogP contribution in [0, 0.1) is 0 Å². The fraction of sp³-hybridized carbons (Fsp3) is 0.714. The van der Waals surface area contributed by atoms with Crippen LogP contribution in [0.1, 0.15) is 53.4 Å². The summed E-state index contributed by atoms with van der Waals surface area (Å²) >= 11 is 0. The van der Waals surface area contributed by atoms with Gasteiger partial charge in [-0.1, -0.05) is 39.3 Å². The highest BCUT2D eigenvalue weighted by atomic mass is 16.6. The molecule has 0 radical (unpaired) electrons. The third-order valence-corrected chi connectivity index (χ3v) is 2.39. The first-order chi connectivity index (χ1) is 8.19. The van der Waals surface area contributed by atoms with Gasteiger partial charge in [0.2, 0.25) is 0 Å². The predicted molar refractivity (Wildman–Crippen MR) is 72.3 cm³/mol. The normalized spacial score (nSPS) is 16.3. The molecular weight excluding hydrogens is 214 g/mol. The lowest BCUT2D eigenvalue weighted by atomic mass is 10.1. The number of nitrogens with two attached hydrogens (primary N) is 1. The second-order valence-electron chi connectivity index (χ2n) is 4.24. The Bertz CT molecular complexity index is 247. The Morgan fingerprint density at radius 2 is 2.00 bits per heavy atom. The average molecular weight is 241 g/mol. The molecule has 0 aromatic rings. The van der Waals surface area contributed by atoms with Crippen LogP contribution < -0.4 is 5.90 Å². The number of hydrogen-bond donors (Lipinski definition) is 1. The first kappa shape index (κ1) is 16.2. The zero-order chi connectivity index (χ0) is 13.1. The van der Waals surface area contributed by atoms with Crippen LogP contribution in [-0.2, 0) is 9.57 Å². The molecule has 1 aliphatic rings. The largest absolute Gasteiger partial charge is 0.492 e. The molecule has 1 atom stereocenters. The maximum absolute atomic E-state index is 5.82. The van der Waals surface area contributed by atoms with Gasteiger partial charge in [-0.2, -0.15) is 0 Å². The quantitative estimate of drug-likeness (QED) is 0.746. The first-order valence-electron chi connectivity index (χ1n) is 6.54. The zero-order valence-electron chi connectivity index (χ0n) is 11.7. The van der Waals surface area contributed by atoms with E-state index in [1.807, 2.05) is 0 Å². The summed E-state index contributed by atoms with van der Waals surface area (Å²) in [5.74, 6) is 6.11. The zero-order valence-corrected chi connectivity index (χ0v) is 11.7. The van der Waals surface area contributed by atoms with E-state index in [2.05, 4.69) is 44.7 Å².